The number of anilines is 2. The van der Waals surface area contributed by atoms with E-state index in [1.807, 2.05) is 0 Å². The van der Waals surface area contributed by atoms with Crippen molar-refractivity contribution in [2.45, 2.75) is 38.2 Å². The highest BCUT2D eigenvalue weighted by molar-refractivity contribution is 7.18. The van der Waals surface area contributed by atoms with Crippen LogP contribution in [-0.2, 0) is 9.53 Å². The van der Waals surface area contributed by atoms with Gasteiger partial charge in [-0.15, -0.1) is 10.2 Å². The number of nitrogens with one attached hydrogen (secondary N) is 1. The molecule has 1 aromatic heterocycles. The van der Waals surface area contributed by atoms with Gasteiger partial charge in [0.1, 0.15) is 0 Å². The molecule has 17 heavy (non-hydrogen) atoms. The number of nitrogens with zero attached hydrogens (tertiary/aromatic N) is 2. The molecule has 1 aromatic rings. The van der Waals surface area contributed by atoms with Crippen LogP contribution >= 0.6 is 11.3 Å². The summed E-state index contributed by atoms with van der Waals surface area (Å²) in [5.41, 5.74) is 5.42. The summed E-state index contributed by atoms with van der Waals surface area (Å²) < 4.78 is 5.56. The SMILES string of the molecule is Nc1nnc(NC(=O)CCC2CCCCO2)s1. The highest BCUT2D eigenvalue weighted by atomic mass is 32.1. The van der Waals surface area contributed by atoms with Gasteiger partial charge in [0.2, 0.25) is 16.2 Å². The molecule has 0 radical (unpaired) electrons. The second kappa shape index (κ2) is 5.92. The van der Waals surface area contributed by atoms with E-state index in [-0.39, 0.29) is 12.0 Å². The molecule has 0 aliphatic carbocycles. The molecule has 1 saturated heterocycles. The normalized spacial score (nSPS) is 20.1. The number of rotatable bonds is 4. The van der Waals surface area contributed by atoms with Gasteiger partial charge in [-0.3, -0.25) is 4.79 Å². The molecular weight excluding hydrogens is 240 g/mol. The van der Waals surface area contributed by atoms with Gasteiger partial charge in [0.25, 0.3) is 0 Å². The minimum absolute atomic E-state index is 0.0599. The molecular formula is C10H16N4O2S. The number of nitrogens with two attached hydrogens (primary N) is 1. The molecule has 0 saturated carbocycles. The van der Waals surface area contributed by atoms with Crippen molar-refractivity contribution in [3.63, 3.8) is 0 Å². The van der Waals surface area contributed by atoms with Gasteiger partial charge < -0.3 is 15.8 Å². The number of carbonyl (C=O) groups is 1. The van der Waals surface area contributed by atoms with Gasteiger partial charge in [0, 0.05) is 13.0 Å². The van der Waals surface area contributed by atoms with Gasteiger partial charge in [-0.05, 0) is 25.7 Å². The minimum atomic E-state index is -0.0599. The maximum Gasteiger partial charge on any atom is 0.226 e. The number of aromatic nitrogens is 2. The lowest BCUT2D eigenvalue weighted by molar-refractivity contribution is -0.117. The third-order valence-corrected chi connectivity index (χ3v) is 3.32. The number of hydrogen-bond acceptors (Lipinski definition) is 6. The lowest BCUT2D eigenvalue weighted by Gasteiger charge is -2.21. The Morgan fingerprint density at radius 1 is 1.53 bits per heavy atom. The van der Waals surface area contributed by atoms with Crippen LogP contribution in [0.15, 0.2) is 0 Å². The van der Waals surface area contributed by atoms with Crippen LogP contribution in [0.5, 0.6) is 0 Å². The van der Waals surface area contributed by atoms with Crippen LogP contribution in [0.25, 0.3) is 0 Å². The second-order valence-electron chi connectivity index (χ2n) is 4.02. The minimum Gasteiger partial charge on any atom is -0.378 e. The molecule has 1 unspecified atom stereocenters. The summed E-state index contributed by atoms with van der Waals surface area (Å²) in [6, 6.07) is 0. The lowest BCUT2D eigenvalue weighted by Crippen LogP contribution is -2.21. The average Bonchev–Trinajstić information content (AvgIpc) is 2.73. The molecule has 0 spiro atoms. The smallest absolute Gasteiger partial charge is 0.226 e. The van der Waals surface area contributed by atoms with Gasteiger partial charge in [0.15, 0.2) is 0 Å². The van der Waals surface area contributed by atoms with Crippen molar-refractivity contribution in [2.75, 3.05) is 17.7 Å². The van der Waals surface area contributed by atoms with Crippen LogP contribution in [-0.4, -0.2) is 28.8 Å². The fourth-order valence-corrected chi connectivity index (χ4v) is 2.32. The summed E-state index contributed by atoms with van der Waals surface area (Å²) in [7, 11) is 0. The predicted octanol–water partition coefficient (Wildman–Crippen LogP) is 1.41. The molecule has 0 bridgehead atoms. The van der Waals surface area contributed by atoms with Crippen LogP contribution < -0.4 is 11.1 Å². The summed E-state index contributed by atoms with van der Waals surface area (Å²) in [4.78, 5) is 11.6. The Morgan fingerprint density at radius 3 is 3.06 bits per heavy atom. The van der Waals surface area contributed by atoms with Crippen molar-refractivity contribution < 1.29 is 9.53 Å². The predicted molar refractivity (Wildman–Crippen MR) is 65.8 cm³/mol. The molecule has 1 aliphatic heterocycles. The van der Waals surface area contributed by atoms with Crippen molar-refractivity contribution in [3.8, 4) is 0 Å². The van der Waals surface area contributed by atoms with Gasteiger partial charge in [-0.2, -0.15) is 0 Å². The molecule has 1 fully saturated rings. The Morgan fingerprint density at radius 2 is 2.41 bits per heavy atom. The molecule has 7 heteroatoms. The summed E-state index contributed by atoms with van der Waals surface area (Å²) in [5.74, 6) is -0.0599. The summed E-state index contributed by atoms with van der Waals surface area (Å²) >= 11 is 1.17. The van der Waals surface area contributed by atoms with Crippen molar-refractivity contribution in [1.82, 2.24) is 10.2 Å². The zero-order valence-corrected chi connectivity index (χ0v) is 10.3. The highest BCUT2D eigenvalue weighted by Crippen LogP contribution is 2.19. The number of hydrogen-bond donors (Lipinski definition) is 2. The maximum atomic E-state index is 11.6. The van der Waals surface area contributed by atoms with Crippen LogP contribution in [0.2, 0.25) is 0 Å². The Labute approximate surface area is 104 Å². The standard InChI is InChI=1S/C10H16N4O2S/c11-9-13-14-10(17-9)12-8(15)5-4-7-3-1-2-6-16-7/h7H,1-6H2,(H2,11,13)(H,12,14,15). The molecule has 6 nitrogen and oxygen atoms in total. The zero-order valence-electron chi connectivity index (χ0n) is 9.52. The third kappa shape index (κ3) is 3.94. The molecule has 3 N–H and O–H groups in total. The van der Waals surface area contributed by atoms with E-state index in [2.05, 4.69) is 15.5 Å². The number of carbonyl (C=O) groups excluding carboxylic acids is 1. The lowest BCUT2D eigenvalue weighted by atomic mass is 10.0. The third-order valence-electron chi connectivity index (χ3n) is 2.65. The largest absolute Gasteiger partial charge is 0.378 e. The quantitative estimate of drug-likeness (QED) is 0.850. The Bertz CT molecular complexity index is 376. The molecule has 2 rings (SSSR count). The zero-order chi connectivity index (χ0) is 12.1. The molecule has 1 aliphatic rings. The van der Waals surface area contributed by atoms with Crippen LogP contribution in [0, 0.1) is 0 Å². The molecule has 1 atom stereocenters. The number of amides is 1. The summed E-state index contributed by atoms with van der Waals surface area (Å²) in [5, 5.41) is 10.8. The fourth-order valence-electron chi connectivity index (χ4n) is 1.79. The summed E-state index contributed by atoms with van der Waals surface area (Å²) in [6.45, 7) is 0.819. The molecule has 1 amide bonds. The second-order valence-corrected chi connectivity index (χ2v) is 5.03. The topological polar surface area (TPSA) is 90.1 Å². The van der Waals surface area contributed by atoms with Crippen molar-refractivity contribution in [3.05, 3.63) is 0 Å². The van der Waals surface area contributed by atoms with Crippen molar-refractivity contribution in [1.29, 1.82) is 0 Å². The van der Waals surface area contributed by atoms with E-state index in [0.717, 1.165) is 25.9 Å². The van der Waals surface area contributed by atoms with Gasteiger partial charge >= 0.3 is 0 Å². The Balaban J connectivity index is 1.70. The molecule has 0 aromatic carbocycles. The summed E-state index contributed by atoms with van der Waals surface area (Å²) in [6.07, 6.45) is 4.82. The first-order valence-corrected chi connectivity index (χ1v) is 6.56. The molecule has 94 valence electrons. The van der Waals surface area contributed by atoms with E-state index in [4.69, 9.17) is 10.5 Å². The maximum absolute atomic E-state index is 11.6. The number of nitrogen functional groups attached to an aromatic ring is 1. The first kappa shape index (κ1) is 12.3. The van der Waals surface area contributed by atoms with Gasteiger partial charge in [0.05, 0.1) is 6.10 Å². The monoisotopic (exact) mass is 256 g/mol. The van der Waals surface area contributed by atoms with Gasteiger partial charge in [-0.25, -0.2) is 0 Å². The Kier molecular flexibility index (Phi) is 4.27. The van der Waals surface area contributed by atoms with E-state index >= 15 is 0 Å². The average molecular weight is 256 g/mol. The van der Waals surface area contributed by atoms with Crippen molar-refractivity contribution >= 4 is 27.5 Å². The van der Waals surface area contributed by atoms with E-state index in [9.17, 15) is 4.79 Å². The fraction of sp³-hybridized carbons (Fsp3) is 0.700. The van der Waals surface area contributed by atoms with Crippen LogP contribution in [0.4, 0.5) is 10.3 Å². The molecule has 2 heterocycles. The van der Waals surface area contributed by atoms with Gasteiger partial charge in [-0.1, -0.05) is 11.3 Å². The Hall–Kier alpha value is -1.21. The van der Waals surface area contributed by atoms with E-state index in [0.29, 0.717) is 16.7 Å². The van der Waals surface area contributed by atoms with Crippen LogP contribution in [0.1, 0.15) is 32.1 Å². The van der Waals surface area contributed by atoms with E-state index < -0.39 is 0 Å². The highest BCUT2D eigenvalue weighted by Gasteiger charge is 2.15. The van der Waals surface area contributed by atoms with E-state index in [1.165, 1.54) is 17.8 Å². The van der Waals surface area contributed by atoms with Crippen molar-refractivity contribution in [2.24, 2.45) is 0 Å². The first-order valence-electron chi connectivity index (χ1n) is 5.74. The van der Waals surface area contributed by atoms with E-state index in [1.54, 1.807) is 0 Å². The van der Waals surface area contributed by atoms with Crippen LogP contribution in [0.3, 0.4) is 0 Å². The first-order chi connectivity index (χ1) is 8.24. The number of ether oxygens (including phenoxy) is 1.